The summed E-state index contributed by atoms with van der Waals surface area (Å²) in [6.45, 7) is 2.86. The number of aliphatic carboxylic acids is 1. The van der Waals surface area contributed by atoms with Gasteiger partial charge in [-0.2, -0.15) is 0 Å². The number of nitrogens with zero attached hydrogens (tertiary/aromatic N) is 2. The van der Waals surface area contributed by atoms with Crippen molar-refractivity contribution < 1.29 is 14.7 Å². The van der Waals surface area contributed by atoms with Crippen LogP contribution in [0.1, 0.15) is 24.2 Å². The molecular weight excluding hydrogens is 279 g/mol. The molecule has 1 aromatic heterocycles. The van der Waals surface area contributed by atoms with Gasteiger partial charge in [-0.15, -0.1) is 0 Å². The van der Waals surface area contributed by atoms with Crippen LogP contribution in [-0.4, -0.2) is 39.5 Å². The van der Waals surface area contributed by atoms with Crippen molar-refractivity contribution in [2.45, 2.75) is 19.4 Å². The Labute approximate surface area is 114 Å². The zero-order chi connectivity index (χ0) is 14.1. The molecule has 0 saturated carbocycles. The average molecular weight is 291 g/mol. The first kappa shape index (κ1) is 14.7. The smallest absolute Gasteiger partial charge is 0.329 e. The largest absolute Gasteiger partial charge is 0.480 e. The fourth-order valence-electron chi connectivity index (χ4n) is 1.18. The highest BCUT2D eigenvalue weighted by Gasteiger charge is 2.35. The second kappa shape index (κ2) is 5.12. The minimum atomic E-state index is -1.33. The number of likely N-dealkylation sites (N-methyl/N-ethyl adjacent to an activating group) is 1. The Kier molecular flexibility index (Phi) is 4.19. The molecule has 1 amide bonds. The van der Waals surface area contributed by atoms with E-state index in [1.165, 1.54) is 33.0 Å². The summed E-state index contributed by atoms with van der Waals surface area (Å²) >= 11 is 11.4. The quantitative estimate of drug-likeness (QED) is 0.868. The summed E-state index contributed by atoms with van der Waals surface area (Å²) in [6.07, 6.45) is 0. The number of halogens is 2. The monoisotopic (exact) mass is 290 g/mol. The van der Waals surface area contributed by atoms with Crippen LogP contribution < -0.4 is 0 Å². The molecule has 0 radical (unpaired) electrons. The van der Waals surface area contributed by atoms with Crippen LogP contribution in [-0.2, 0) is 4.79 Å². The van der Waals surface area contributed by atoms with Gasteiger partial charge < -0.3 is 10.0 Å². The van der Waals surface area contributed by atoms with Crippen molar-refractivity contribution in [2.75, 3.05) is 7.05 Å². The Balaban J connectivity index is 3.11. The summed E-state index contributed by atoms with van der Waals surface area (Å²) in [6, 6.07) is 2.67. The van der Waals surface area contributed by atoms with E-state index in [-0.39, 0.29) is 15.9 Å². The lowest BCUT2D eigenvalue weighted by molar-refractivity contribution is -0.147. The molecule has 1 heterocycles. The normalized spacial score (nSPS) is 11.2. The number of carboxylic acid groups (broad SMARTS) is 1. The Bertz CT molecular complexity index is 483. The molecule has 1 aromatic rings. The van der Waals surface area contributed by atoms with Gasteiger partial charge in [0.15, 0.2) is 0 Å². The number of amides is 1. The summed E-state index contributed by atoms with van der Waals surface area (Å²) < 4.78 is 0. The molecule has 0 fully saturated rings. The van der Waals surface area contributed by atoms with Gasteiger partial charge in [0, 0.05) is 12.6 Å². The van der Waals surface area contributed by atoms with Crippen molar-refractivity contribution in [3.05, 3.63) is 28.0 Å². The van der Waals surface area contributed by atoms with E-state index >= 15 is 0 Å². The molecule has 0 saturated heterocycles. The van der Waals surface area contributed by atoms with Crippen molar-refractivity contribution in [1.29, 1.82) is 0 Å². The van der Waals surface area contributed by atoms with E-state index in [1.807, 2.05) is 0 Å². The van der Waals surface area contributed by atoms with Gasteiger partial charge in [-0.25, -0.2) is 9.78 Å². The van der Waals surface area contributed by atoms with Crippen molar-refractivity contribution in [3.8, 4) is 0 Å². The molecule has 1 N–H and O–H groups in total. The van der Waals surface area contributed by atoms with E-state index in [9.17, 15) is 9.59 Å². The summed E-state index contributed by atoms with van der Waals surface area (Å²) in [5.74, 6) is -1.60. The summed E-state index contributed by atoms with van der Waals surface area (Å²) in [5.41, 5.74) is -1.14. The van der Waals surface area contributed by atoms with E-state index in [4.69, 9.17) is 28.3 Å². The maximum absolute atomic E-state index is 12.1. The van der Waals surface area contributed by atoms with Crippen LogP contribution in [0.3, 0.4) is 0 Å². The maximum atomic E-state index is 12.1. The van der Waals surface area contributed by atoms with E-state index in [0.717, 1.165) is 4.90 Å². The van der Waals surface area contributed by atoms with Gasteiger partial charge in [0.2, 0.25) is 0 Å². The van der Waals surface area contributed by atoms with E-state index in [0.29, 0.717) is 0 Å². The van der Waals surface area contributed by atoms with Crippen LogP contribution in [0, 0.1) is 0 Å². The zero-order valence-electron chi connectivity index (χ0n) is 10.1. The SMILES string of the molecule is CN(C(=O)c1cc(Cl)nc(Cl)c1)C(C)(C)C(=O)O. The van der Waals surface area contributed by atoms with Crippen LogP contribution in [0.5, 0.6) is 0 Å². The van der Waals surface area contributed by atoms with Crippen molar-refractivity contribution in [1.82, 2.24) is 9.88 Å². The molecule has 0 spiro atoms. The molecule has 0 unspecified atom stereocenters. The number of aromatic nitrogens is 1. The predicted molar refractivity (Wildman–Crippen MR) is 68.1 cm³/mol. The second-order valence-electron chi connectivity index (χ2n) is 4.23. The number of hydrogen-bond acceptors (Lipinski definition) is 3. The van der Waals surface area contributed by atoms with E-state index in [2.05, 4.69) is 4.98 Å². The summed E-state index contributed by atoms with van der Waals surface area (Å²) in [5, 5.41) is 9.21. The Morgan fingerprint density at radius 1 is 1.28 bits per heavy atom. The molecule has 7 heteroatoms. The third-order valence-electron chi connectivity index (χ3n) is 2.68. The highest BCUT2D eigenvalue weighted by molar-refractivity contribution is 6.33. The number of carbonyl (C=O) groups is 2. The van der Waals surface area contributed by atoms with Gasteiger partial charge in [0.05, 0.1) is 0 Å². The van der Waals surface area contributed by atoms with Crippen LogP contribution in [0.4, 0.5) is 0 Å². The minimum absolute atomic E-state index is 0.0763. The zero-order valence-corrected chi connectivity index (χ0v) is 11.6. The first-order valence-corrected chi connectivity index (χ1v) is 5.76. The molecule has 0 bridgehead atoms. The number of hydrogen-bond donors (Lipinski definition) is 1. The Hall–Kier alpha value is -1.33. The molecule has 0 atom stereocenters. The Morgan fingerprint density at radius 2 is 1.72 bits per heavy atom. The van der Waals surface area contributed by atoms with Gasteiger partial charge in [-0.3, -0.25) is 4.79 Å². The molecular formula is C11H12Cl2N2O3. The topological polar surface area (TPSA) is 70.5 Å². The van der Waals surface area contributed by atoms with Crippen molar-refractivity contribution >= 4 is 35.1 Å². The number of carbonyl (C=O) groups excluding carboxylic acids is 1. The van der Waals surface area contributed by atoms with E-state index < -0.39 is 17.4 Å². The van der Waals surface area contributed by atoms with Gasteiger partial charge in [0.25, 0.3) is 5.91 Å². The summed E-state index contributed by atoms with van der Waals surface area (Å²) in [7, 11) is 1.40. The fourth-order valence-corrected chi connectivity index (χ4v) is 1.64. The minimum Gasteiger partial charge on any atom is -0.480 e. The number of carboxylic acids is 1. The average Bonchev–Trinajstić information content (AvgIpc) is 2.25. The lowest BCUT2D eigenvalue weighted by Gasteiger charge is -2.31. The van der Waals surface area contributed by atoms with Gasteiger partial charge in [-0.05, 0) is 26.0 Å². The lowest BCUT2D eigenvalue weighted by atomic mass is 10.0. The first-order chi connectivity index (χ1) is 8.16. The predicted octanol–water partition coefficient (Wildman–Crippen LogP) is 2.32. The molecule has 0 aliphatic heterocycles. The molecule has 0 aromatic carbocycles. The standard InChI is InChI=1S/C11H12Cl2N2O3/c1-11(2,10(17)18)15(3)9(16)6-4-7(12)14-8(13)5-6/h4-5H,1-3H3,(H,17,18). The van der Waals surface area contributed by atoms with Crippen molar-refractivity contribution in [2.24, 2.45) is 0 Å². The lowest BCUT2D eigenvalue weighted by Crippen LogP contribution is -2.50. The Morgan fingerprint density at radius 3 is 2.11 bits per heavy atom. The molecule has 0 aliphatic carbocycles. The highest BCUT2D eigenvalue weighted by Crippen LogP contribution is 2.20. The van der Waals surface area contributed by atoms with Gasteiger partial charge in [0.1, 0.15) is 15.8 Å². The van der Waals surface area contributed by atoms with Gasteiger partial charge in [-0.1, -0.05) is 23.2 Å². The molecule has 5 nitrogen and oxygen atoms in total. The van der Waals surface area contributed by atoms with Crippen LogP contribution >= 0.6 is 23.2 Å². The number of rotatable bonds is 3. The van der Waals surface area contributed by atoms with Crippen molar-refractivity contribution in [3.63, 3.8) is 0 Å². The van der Waals surface area contributed by atoms with E-state index in [1.54, 1.807) is 0 Å². The highest BCUT2D eigenvalue weighted by atomic mass is 35.5. The van der Waals surface area contributed by atoms with Gasteiger partial charge >= 0.3 is 5.97 Å². The molecule has 0 aliphatic rings. The molecule has 1 rings (SSSR count). The first-order valence-electron chi connectivity index (χ1n) is 5.01. The fraction of sp³-hybridized carbons (Fsp3) is 0.364. The van der Waals surface area contributed by atoms with Crippen LogP contribution in [0.25, 0.3) is 0 Å². The van der Waals surface area contributed by atoms with Crippen LogP contribution in [0.15, 0.2) is 12.1 Å². The number of pyridine rings is 1. The third-order valence-corrected chi connectivity index (χ3v) is 3.06. The molecule has 98 valence electrons. The van der Waals surface area contributed by atoms with Crippen LogP contribution in [0.2, 0.25) is 10.3 Å². The molecule has 18 heavy (non-hydrogen) atoms. The maximum Gasteiger partial charge on any atom is 0.329 e. The third kappa shape index (κ3) is 2.91. The summed E-state index contributed by atoms with van der Waals surface area (Å²) in [4.78, 5) is 28.0. The second-order valence-corrected chi connectivity index (χ2v) is 5.00.